The number of hydrogen-bond donors (Lipinski definition) is 1. The van der Waals surface area contributed by atoms with Gasteiger partial charge in [-0.15, -0.1) is 4.33 Å². The molecule has 1 aromatic heterocycles. The second kappa shape index (κ2) is 21.0. The standard InChI is InChI=1S/C21H17N3O.C20H34O4S/c1-14-20(12-23)21(18-7-3-16(11-22)4-8-18)15(2)24(14)13-17-5-9-19(25)10-6-17;1-3-4-5-6-7-8-9-10-11-12-13-18-23-24-25(21,22)20-16-14-19(2)15-17-20/h3-10,25H,13H2,1-2H3;14-17H,3-13,18H2,1-2H3. The molecule has 0 atom stereocenters. The lowest BCUT2D eigenvalue weighted by Crippen LogP contribution is -2.08. The molecule has 3 aromatic carbocycles. The van der Waals surface area contributed by atoms with Gasteiger partial charge in [0.25, 0.3) is 0 Å². The van der Waals surface area contributed by atoms with E-state index in [1.54, 1.807) is 36.4 Å². The molecule has 0 fully saturated rings. The molecule has 0 bridgehead atoms. The van der Waals surface area contributed by atoms with E-state index >= 15 is 0 Å². The zero-order valence-corrected chi connectivity index (χ0v) is 30.8. The fourth-order valence-corrected chi connectivity index (χ4v) is 6.52. The minimum Gasteiger partial charge on any atom is -0.508 e. The zero-order valence-electron chi connectivity index (χ0n) is 30.0. The SMILES string of the molecule is CCCCCCCCCCCCCOOS(=O)(=O)c1ccc(C)cc1.Cc1c(C#N)c(-c2ccc(C#N)cc2)c(C)n1Cc1ccc(O)cc1. The van der Waals surface area contributed by atoms with E-state index in [1.807, 2.05) is 45.0 Å². The Morgan fingerprint density at radius 1 is 0.700 bits per heavy atom. The van der Waals surface area contributed by atoms with Gasteiger partial charge in [0.1, 0.15) is 11.8 Å². The Balaban J connectivity index is 0.000000270. The first kappa shape index (κ1) is 40.0. The zero-order chi connectivity index (χ0) is 36.4. The highest BCUT2D eigenvalue weighted by atomic mass is 32.2. The molecule has 1 N–H and O–H groups in total. The fraction of sp³-hybridized carbons (Fsp3) is 0.415. The van der Waals surface area contributed by atoms with Crippen molar-refractivity contribution in [3.63, 3.8) is 0 Å². The maximum absolute atomic E-state index is 11.9. The number of phenolic OH excluding ortho intramolecular Hbond substituents is 1. The highest BCUT2D eigenvalue weighted by Crippen LogP contribution is 2.33. The third kappa shape index (κ3) is 12.5. The second-order valence-electron chi connectivity index (χ2n) is 12.7. The highest BCUT2D eigenvalue weighted by Gasteiger charge is 2.19. The lowest BCUT2D eigenvalue weighted by molar-refractivity contribution is -0.202. The molecule has 8 nitrogen and oxygen atoms in total. The summed E-state index contributed by atoms with van der Waals surface area (Å²) in [5.74, 6) is 0.237. The van der Waals surface area contributed by atoms with Gasteiger partial charge in [-0.1, -0.05) is 113 Å². The van der Waals surface area contributed by atoms with E-state index in [0.29, 0.717) is 24.3 Å². The Kier molecular flexibility index (Phi) is 16.8. The average Bonchev–Trinajstić information content (AvgIpc) is 3.35. The molecule has 0 aliphatic rings. The maximum atomic E-state index is 11.9. The molecule has 9 heteroatoms. The first-order valence-corrected chi connectivity index (χ1v) is 19.0. The van der Waals surface area contributed by atoms with E-state index in [9.17, 15) is 18.8 Å². The molecule has 0 aliphatic heterocycles. The molecule has 4 aromatic rings. The number of rotatable bonds is 18. The van der Waals surface area contributed by atoms with Gasteiger partial charge in [0.05, 0.1) is 28.7 Å². The summed E-state index contributed by atoms with van der Waals surface area (Å²) >= 11 is 0. The van der Waals surface area contributed by atoms with Crippen molar-refractivity contribution in [2.45, 2.75) is 110 Å². The monoisotopic (exact) mass is 697 g/mol. The van der Waals surface area contributed by atoms with Gasteiger partial charge in [-0.3, -0.25) is 0 Å². The van der Waals surface area contributed by atoms with Crippen molar-refractivity contribution >= 4 is 10.1 Å². The number of unbranched alkanes of at least 4 members (excludes halogenated alkanes) is 10. The molecule has 266 valence electrons. The van der Waals surface area contributed by atoms with E-state index in [-0.39, 0.29) is 10.6 Å². The third-order valence-corrected chi connectivity index (χ3v) is 9.88. The van der Waals surface area contributed by atoms with Crippen LogP contribution in [0.15, 0.2) is 77.7 Å². The van der Waals surface area contributed by atoms with Crippen LogP contribution in [0.4, 0.5) is 0 Å². The predicted molar refractivity (Wildman–Crippen MR) is 198 cm³/mol. The molecule has 0 spiro atoms. The summed E-state index contributed by atoms with van der Waals surface area (Å²) < 4.78 is 30.5. The minimum absolute atomic E-state index is 0.122. The largest absolute Gasteiger partial charge is 0.508 e. The molecule has 4 rings (SSSR count). The number of aryl methyl sites for hydroxylation is 1. The van der Waals surface area contributed by atoms with Crippen LogP contribution in [0.1, 0.15) is 111 Å². The molecule has 1 heterocycles. The predicted octanol–water partition coefficient (Wildman–Crippen LogP) is 10.2. The molecular weight excluding hydrogens is 647 g/mol. The molecule has 0 saturated heterocycles. The van der Waals surface area contributed by atoms with Crippen LogP contribution in [0.2, 0.25) is 0 Å². The van der Waals surface area contributed by atoms with Crippen LogP contribution in [0.25, 0.3) is 11.1 Å². The average molecular weight is 698 g/mol. The Hall–Kier alpha value is -4.41. The maximum Gasteiger partial charge on any atom is 0.323 e. The highest BCUT2D eigenvalue weighted by molar-refractivity contribution is 7.86. The van der Waals surface area contributed by atoms with Crippen LogP contribution in [0, 0.1) is 43.4 Å². The number of nitrogens with zero attached hydrogens (tertiary/aromatic N) is 3. The Morgan fingerprint density at radius 2 is 1.26 bits per heavy atom. The number of benzene rings is 3. The van der Waals surface area contributed by atoms with E-state index in [4.69, 9.17) is 10.1 Å². The first-order chi connectivity index (χ1) is 24.1. The van der Waals surface area contributed by atoms with Gasteiger partial charge in [-0.25, -0.2) is 4.89 Å². The van der Waals surface area contributed by atoms with Crippen molar-refractivity contribution in [3.05, 3.63) is 106 Å². The van der Waals surface area contributed by atoms with Crippen molar-refractivity contribution < 1.29 is 22.7 Å². The van der Waals surface area contributed by atoms with Crippen molar-refractivity contribution in [1.29, 1.82) is 10.5 Å². The van der Waals surface area contributed by atoms with Gasteiger partial charge in [-0.2, -0.15) is 18.9 Å². The smallest absolute Gasteiger partial charge is 0.323 e. The van der Waals surface area contributed by atoms with Gasteiger partial charge in [0.15, 0.2) is 0 Å². The lowest BCUT2D eigenvalue weighted by Gasteiger charge is -2.10. The van der Waals surface area contributed by atoms with Gasteiger partial charge in [0, 0.05) is 23.5 Å². The van der Waals surface area contributed by atoms with Gasteiger partial charge in [-0.05, 0) is 74.7 Å². The van der Waals surface area contributed by atoms with Crippen LogP contribution in [-0.2, 0) is 25.9 Å². The lowest BCUT2D eigenvalue weighted by atomic mass is 10.0. The summed E-state index contributed by atoms with van der Waals surface area (Å²) in [7, 11) is -3.81. The van der Waals surface area contributed by atoms with Crippen molar-refractivity contribution in [2.75, 3.05) is 6.61 Å². The van der Waals surface area contributed by atoms with E-state index < -0.39 is 10.1 Å². The van der Waals surface area contributed by atoms with Crippen LogP contribution in [0.3, 0.4) is 0 Å². The number of aromatic nitrogens is 1. The van der Waals surface area contributed by atoms with Crippen LogP contribution in [0.5, 0.6) is 5.75 Å². The summed E-state index contributed by atoms with van der Waals surface area (Å²) in [6.45, 7) is 9.03. The van der Waals surface area contributed by atoms with Crippen LogP contribution in [-0.4, -0.2) is 24.7 Å². The van der Waals surface area contributed by atoms with E-state index in [2.05, 4.69) is 28.0 Å². The van der Waals surface area contributed by atoms with Crippen LogP contribution >= 0.6 is 0 Å². The number of phenols is 1. The summed E-state index contributed by atoms with van der Waals surface area (Å²) in [4.78, 5) is 5.00. The number of aromatic hydroxyl groups is 1. The van der Waals surface area contributed by atoms with Crippen LogP contribution < -0.4 is 0 Å². The quantitative estimate of drug-likeness (QED) is 0.0623. The van der Waals surface area contributed by atoms with Gasteiger partial charge in [0.2, 0.25) is 0 Å². The normalized spacial score (nSPS) is 11.0. The molecule has 0 unspecified atom stereocenters. The summed E-state index contributed by atoms with van der Waals surface area (Å²) in [5, 5.41) is 28.1. The van der Waals surface area contributed by atoms with E-state index in [1.165, 1.54) is 69.9 Å². The summed E-state index contributed by atoms with van der Waals surface area (Å²) in [6, 6.07) is 25.3. The second-order valence-corrected chi connectivity index (χ2v) is 14.2. The molecule has 50 heavy (non-hydrogen) atoms. The van der Waals surface area contributed by atoms with Gasteiger partial charge < -0.3 is 9.67 Å². The molecule has 0 aliphatic carbocycles. The Morgan fingerprint density at radius 3 is 1.80 bits per heavy atom. The summed E-state index contributed by atoms with van der Waals surface area (Å²) in [5.41, 5.74) is 7.06. The number of nitriles is 2. The third-order valence-electron chi connectivity index (χ3n) is 8.75. The van der Waals surface area contributed by atoms with Crippen molar-refractivity contribution in [3.8, 4) is 29.0 Å². The van der Waals surface area contributed by atoms with Gasteiger partial charge >= 0.3 is 10.1 Å². The van der Waals surface area contributed by atoms with E-state index in [0.717, 1.165) is 46.5 Å². The first-order valence-electron chi connectivity index (χ1n) is 17.6. The Labute approximate surface area is 299 Å². The molecule has 0 saturated carbocycles. The van der Waals surface area contributed by atoms with Crippen molar-refractivity contribution in [1.82, 2.24) is 4.57 Å². The topological polar surface area (TPSA) is 125 Å². The number of hydrogen-bond acceptors (Lipinski definition) is 7. The minimum atomic E-state index is -3.81. The fourth-order valence-electron chi connectivity index (χ4n) is 5.77. The molecule has 0 amide bonds. The molecule has 0 radical (unpaired) electrons. The van der Waals surface area contributed by atoms with Crippen molar-refractivity contribution in [2.24, 2.45) is 0 Å². The summed E-state index contributed by atoms with van der Waals surface area (Å²) in [6.07, 6.45) is 13.7. The Bertz CT molecular complexity index is 1800. The molecular formula is C41H51N3O5S.